The minimum Gasteiger partial charge on any atom is -0.356 e. The van der Waals surface area contributed by atoms with Crippen LogP contribution in [0.4, 0.5) is 0 Å². The van der Waals surface area contributed by atoms with E-state index in [4.69, 9.17) is 0 Å². The van der Waals surface area contributed by atoms with Crippen LogP contribution in [0.1, 0.15) is 25.3 Å². The predicted molar refractivity (Wildman–Crippen MR) is 106 cm³/mol. The Morgan fingerprint density at radius 3 is 2.50 bits per heavy atom. The molecule has 1 aromatic carbocycles. The summed E-state index contributed by atoms with van der Waals surface area (Å²) in [6, 6.07) is 9.81. The molecule has 146 valence electrons. The lowest BCUT2D eigenvalue weighted by Gasteiger charge is -2.19. The lowest BCUT2D eigenvalue weighted by atomic mass is 10.2. The van der Waals surface area contributed by atoms with Crippen molar-refractivity contribution < 1.29 is 13.2 Å². The van der Waals surface area contributed by atoms with E-state index in [2.05, 4.69) is 15.6 Å². The number of sulfone groups is 1. The summed E-state index contributed by atoms with van der Waals surface area (Å²) in [5.41, 5.74) is 1.09. The first-order chi connectivity index (χ1) is 12.2. The first-order valence-electron chi connectivity index (χ1n) is 8.64. The summed E-state index contributed by atoms with van der Waals surface area (Å²) < 4.78 is 22.4. The quantitative estimate of drug-likeness (QED) is 0.492. The van der Waals surface area contributed by atoms with E-state index in [-0.39, 0.29) is 17.7 Å². The molecule has 0 heterocycles. The third kappa shape index (κ3) is 9.41. The lowest BCUT2D eigenvalue weighted by Crippen LogP contribution is -2.44. The zero-order valence-corrected chi connectivity index (χ0v) is 16.8. The van der Waals surface area contributed by atoms with Crippen LogP contribution in [0.25, 0.3) is 0 Å². The topological polar surface area (TPSA) is 90.9 Å². The van der Waals surface area contributed by atoms with E-state index in [9.17, 15) is 13.2 Å². The molecule has 0 fully saturated rings. The molecule has 0 saturated carbocycles. The summed E-state index contributed by atoms with van der Waals surface area (Å²) in [5, 5.41) is 6.22. The molecule has 1 aromatic rings. The van der Waals surface area contributed by atoms with Gasteiger partial charge in [-0.15, -0.1) is 0 Å². The number of benzene rings is 1. The summed E-state index contributed by atoms with van der Waals surface area (Å²) in [7, 11) is 0.452. The van der Waals surface area contributed by atoms with E-state index in [1.165, 1.54) is 6.26 Å². The second kappa shape index (κ2) is 10.8. The highest BCUT2D eigenvalue weighted by atomic mass is 32.2. The van der Waals surface area contributed by atoms with Crippen LogP contribution in [0.15, 0.2) is 35.3 Å². The van der Waals surface area contributed by atoms with E-state index in [1.54, 1.807) is 19.0 Å². The Bertz CT molecular complexity index is 690. The molecule has 0 radical (unpaired) electrons. The molecule has 0 bridgehead atoms. The first-order valence-corrected chi connectivity index (χ1v) is 10.7. The van der Waals surface area contributed by atoms with Crippen molar-refractivity contribution in [2.24, 2.45) is 4.99 Å². The Balaban J connectivity index is 2.34. The second-order valence-corrected chi connectivity index (χ2v) is 8.71. The molecular weight excluding hydrogens is 352 g/mol. The summed E-state index contributed by atoms with van der Waals surface area (Å²) >= 11 is 0. The standard InChI is InChI=1S/C18H30N4O3S/c1-15(11-13-26(4,24)25)21-18(19-2)20-12-10-17(23)22(3)14-16-8-6-5-7-9-16/h5-9,15H,10-14H2,1-4H3,(H2,19,20,21). The van der Waals surface area contributed by atoms with Crippen molar-refractivity contribution in [2.75, 3.05) is 32.6 Å². The molecule has 0 spiro atoms. The lowest BCUT2D eigenvalue weighted by molar-refractivity contribution is -0.130. The Hall–Kier alpha value is -2.09. The molecular formula is C18H30N4O3S. The predicted octanol–water partition coefficient (Wildman–Crippen LogP) is 1.02. The molecule has 26 heavy (non-hydrogen) atoms. The summed E-state index contributed by atoms with van der Waals surface area (Å²) in [5.74, 6) is 0.729. The third-order valence-corrected chi connectivity index (χ3v) is 4.83. The average Bonchev–Trinajstić information content (AvgIpc) is 2.59. The molecule has 2 N–H and O–H groups in total. The number of aliphatic imine (C=N–C) groups is 1. The normalized spacial score (nSPS) is 13.2. The van der Waals surface area contributed by atoms with Crippen LogP contribution in [0, 0.1) is 0 Å². The van der Waals surface area contributed by atoms with E-state index < -0.39 is 9.84 Å². The van der Waals surface area contributed by atoms with Crippen molar-refractivity contribution in [1.82, 2.24) is 15.5 Å². The number of nitrogens with one attached hydrogen (secondary N) is 2. The summed E-state index contributed by atoms with van der Waals surface area (Å²) in [6.07, 6.45) is 2.07. The van der Waals surface area contributed by atoms with Crippen molar-refractivity contribution in [3.8, 4) is 0 Å². The van der Waals surface area contributed by atoms with Crippen LogP contribution in [0.2, 0.25) is 0 Å². The van der Waals surface area contributed by atoms with Crippen LogP contribution in [-0.4, -0.2) is 63.9 Å². The Kier molecular flexibility index (Phi) is 9.12. The fourth-order valence-corrected chi connectivity index (χ4v) is 3.10. The van der Waals surface area contributed by atoms with Gasteiger partial charge >= 0.3 is 0 Å². The number of hydrogen-bond acceptors (Lipinski definition) is 4. The highest BCUT2D eigenvalue weighted by molar-refractivity contribution is 7.90. The first kappa shape index (κ1) is 22.0. The van der Waals surface area contributed by atoms with Crippen molar-refractivity contribution in [1.29, 1.82) is 0 Å². The molecule has 0 aliphatic heterocycles. The van der Waals surface area contributed by atoms with Gasteiger partial charge in [-0.3, -0.25) is 9.79 Å². The molecule has 1 unspecified atom stereocenters. The van der Waals surface area contributed by atoms with Gasteiger partial charge in [0.2, 0.25) is 5.91 Å². The number of amides is 1. The van der Waals surface area contributed by atoms with Crippen molar-refractivity contribution in [2.45, 2.75) is 32.4 Å². The fraction of sp³-hybridized carbons (Fsp3) is 0.556. The van der Waals surface area contributed by atoms with Crippen LogP contribution in [-0.2, 0) is 21.2 Å². The molecule has 0 aliphatic carbocycles. The van der Waals surface area contributed by atoms with Gasteiger partial charge in [-0.25, -0.2) is 8.42 Å². The number of guanidine groups is 1. The van der Waals surface area contributed by atoms with Gasteiger partial charge in [0.25, 0.3) is 0 Å². The third-order valence-electron chi connectivity index (χ3n) is 3.85. The van der Waals surface area contributed by atoms with Crippen molar-refractivity contribution in [3.63, 3.8) is 0 Å². The Morgan fingerprint density at radius 1 is 1.27 bits per heavy atom. The van der Waals surface area contributed by atoms with Gasteiger partial charge in [-0.2, -0.15) is 0 Å². The van der Waals surface area contributed by atoms with Crippen LogP contribution in [0.5, 0.6) is 0 Å². The Labute approximate surface area is 156 Å². The van der Waals surface area contributed by atoms with Gasteiger partial charge < -0.3 is 15.5 Å². The highest BCUT2D eigenvalue weighted by Crippen LogP contribution is 2.03. The molecule has 0 saturated heterocycles. The number of hydrogen-bond donors (Lipinski definition) is 2. The maximum absolute atomic E-state index is 12.2. The minimum absolute atomic E-state index is 0.0348. The van der Waals surface area contributed by atoms with Gasteiger partial charge in [-0.1, -0.05) is 30.3 Å². The smallest absolute Gasteiger partial charge is 0.224 e. The van der Waals surface area contributed by atoms with Crippen LogP contribution >= 0.6 is 0 Å². The average molecular weight is 383 g/mol. The van der Waals surface area contributed by atoms with Gasteiger partial charge in [0, 0.05) is 45.9 Å². The maximum atomic E-state index is 12.2. The molecule has 1 atom stereocenters. The largest absolute Gasteiger partial charge is 0.356 e. The van der Waals surface area contributed by atoms with Gasteiger partial charge in [0.15, 0.2) is 5.96 Å². The van der Waals surface area contributed by atoms with E-state index in [0.717, 1.165) is 5.56 Å². The second-order valence-electron chi connectivity index (χ2n) is 6.45. The van der Waals surface area contributed by atoms with Crippen LogP contribution < -0.4 is 10.6 Å². The number of carbonyl (C=O) groups is 1. The van der Waals surface area contributed by atoms with E-state index in [0.29, 0.717) is 31.9 Å². The van der Waals surface area contributed by atoms with Crippen molar-refractivity contribution in [3.05, 3.63) is 35.9 Å². The van der Waals surface area contributed by atoms with Crippen LogP contribution in [0.3, 0.4) is 0 Å². The van der Waals surface area contributed by atoms with Gasteiger partial charge in [0.1, 0.15) is 9.84 Å². The SMILES string of the molecule is CN=C(NCCC(=O)N(C)Cc1ccccc1)NC(C)CCS(C)(=O)=O. The van der Waals surface area contributed by atoms with Crippen molar-refractivity contribution >= 4 is 21.7 Å². The van der Waals surface area contributed by atoms with E-state index >= 15 is 0 Å². The van der Waals surface area contributed by atoms with Gasteiger partial charge in [-0.05, 0) is 18.9 Å². The molecule has 1 rings (SSSR count). The zero-order chi connectivity index (χ0) is 19.6. The number of carbonyl (C=O) groups excluding carboxylic acids is 1. The minimum atomic E-state index is -2.98. The summed E-state index contributed by atoms with van der Waals surface area (Å²) in [4.78, 5) is 18.0. The van der Waals surface area contributed by atoms with Gasteiger partial charge in [0.05, 0.1) is 5.75 Å². The highest BCUT2D eigenvalue weighted by Gasteiger charge is 2.11. The molecule has 0 aliphatic rings. The maximum Gasteiger partial charge on any atom is 0.224 e. The number of nitrogens with zero attached hydrogens (tertiary/aromatic N) is 2. The summed E-state index contributed by atoms with van der Waals surface area (Å²) in [6.45, 7) is 2.93. The Morgan fingerprint density at radius 2 is 1.92 bits per heavy atom. The molecule has 7 nitrogen and oxygen atoms in total. The molecule has 0 aromatic heterocycles. The zero-order valence-electron chi connectivity index (χ0n) is 16.0. The fourth-order valence-electron chi connectivity index (χ4n) is 2.32. The number of rotatable bonds is 9. The van der Waals surface area contributed by atoms with E-state index in [1.807, 2.05) is 37.3 Å². The molecule has 1 amide bonds. The molecule has 8 heteroatoms. The monoisotopic (exact) mass is 382 g/mol.